The molecule has 0 saturated heterocycles. The average Bonchev–Trinajstić information content (AvgIpc) is 3.29. The number of esters is 1. The van der Waals surface area contributed by atoms with Gasteiger partial charge < -0.3 is 18.9 Å². The van der Waals surface area contributed by atoms with E-state index in [1.54, 1.807) is 44.8 Å². The number of nitrogens with zero attached hydrogens (tertiary/aromatic N) is 2. The molecule has 222 valence electrons. The SMILES string of the molecule is CCOC(=O)C1=C(C)N=c2s/c(=C\c3cc(I)c(OCc4ccccc4)c(I)c3)c(=O)n2C1c1ccc(OC)c(OC)c1. The van der Waals surface area contributed by atoms with Crippen molar-refractivity contribution in [3.05, 3.63) is 115 Å². The van der Waals surface area contributed by atoms with E-state index < -0.39 is 12.0 Å². The molecule has 5 rings (SSSR count). The Kier molecular flexibility index (Phi) is 9.92. The van der Waals surface area contributed by atoms with Gasteiger partial charge in [-0.1, -0.05) is 47.7 Å². The maximum Gasteiger partial charge on any atom is 0.338 e. The molecule has 1 unspecified atom stereocenters. The summed E-state index contributed by atoms with van der Waals surface area (Å²) in [6, 6.07) is 18.6. The van der Waals surface area contributed by atoms with Crippen LogP contribution in [0.2, 0.25) is 0 Å². The largest absolute Gasteiger partial charge is 0.493 e. The van der Waals surface area contributed by atoms with Crippen molar-refractivity contribution in [1.82, 2.24) is 4.57 Å². The summed E-state index contributed by atoms with van der Waals surface area (Å²) in [6.07, 6.45) is 1.85. The molecule has 1 aliphatic heterocycles. The van der Waals surface area contributed by atoms with Crippen LogP contribution in [0.15, 0.2) is 81.7 Å². The van der Waals surface area contributed by atoms with Crippen LogP contribution in [-0.4, -0.2) is 31.4 Å². The highest BCUT2D eigenvalue weighted by Gasteiger charge is 2.34. The number of ether oxygens (including phenoxy) is 4. The van der Waals surface area contributed by atoms with E-state index in [1.807, 2.05) is 54.6 Å². The minimum Gasteiger partial charge on any atom is -0.493 e. The second-order valence-corrected chi connectivity index (χ2v) is 12.8. The van der Waals surface area contributed by atoms with E-state index in [4.69, 9.17) is 18.9 Å². The second kappa shape index (κ2) is 13.6. The Balaban J connectivity index is 1.59. The maximum atomic E-state index is 14.0. The van der Waals surface area contributed by atoms with Crippen molar-refractivity contribution in [3.8, 4) is 17.2 Å². The lowest BCUT2D eigenvalue weighted by Crippen LogP contribution is -2.40. The van der Waals surface area contributed by atoms with Crippen molar-refractivity contribution in [2.75, 3.05) is 20.8 Å². The molecule has 0 aliphatic carbocycles. The molecule has 1 aromatic heterocycles. The summed E-state index contributed by atoms with van der Waals surface area (Å²) in [5.41, 5.74) is 3.15. The molecule has 43 heavy (non-hydrogen) atoms. The van der Waals surface area contributed by atoms with Crippen molar-refractivity contribution in [2.24, 2.45) is 4.99 Å². The van der Waals surface area contributed by atoms with Gasteiger partial charge in [0.15, 0.2) is 16.3 Å². The first-order valence-corrected chi connectivity index (χ1v) is 16.3. The van der Waals surface area contributed by atoms with Crippen LogP contribution in [0.3, 0.4) is 0 Å². The average molecular weight is 822 g/mol. The predicted octanol–water partition coefficient (Wildman–Crippen LogP) is 5.60. The van der Waals surface area contributed by atoms with E-state index in [-0.39, 0.29) is 12.2 Å². The number of fused-ring (bicyclic) bond motifs is 1. The normalized spacial score (nSPS) is 14.7. The highest BCUT2D eigenvalue weighted by Crippen LogP contribution is 2.36. The van der Waals surface area contributed by atoms with E-state index in [1.165, 1.54) is 11.3 Å². The second-order valence-electron chi connectivity index (χ2n) is 9.50. The standard InChI is InChI=1S/C32H28I2N2O6S/c1-5-41-31(38)27-18(2)35-32-36(28(27)21-11-12-24(39-3)25(16-21)40-4)30(37)26(43-32)15-20-13-22(33)29(23(34)14-20)42-17-19-9-7-6-8-10-19/h6-16,28H,5,17H2,1-4H3/b26-15-. The minimum absolute atomic E-state index is 0.195. The third-order valence-corrected chi connectivity index (χ3v) is 9.37. The maximum absolute atomic E-state index is 14.0. The number of allylic oxidation sites excluding steroid dienone is 1. The molecule has 4 aromatic rings. The Hall–Kier alpha value is -3.17. The van der Waals surface area contributed by atoms with Crippen LogP contribution in [0.1, 0.15) is 36.6 Å². The van der Waals surface area contributed by atoms with Crippen molar-refractivity contribution >= 4 is 68.6 Å². The topological polar surface area (TPSA) is 88.4 Å². The Morgan fingerprint density at radius 2 is 1.72 bits per heavy atom. The van der Waals surface area contributed by atoms with Crippen LogP contribution in [0, 0.1) is 7.14 Å². The van der Waals surface area contributed by atoms with Gasteiger partial charge in [-0.25, -0.2) is 9.79 Å². The third kappa shape index (κ3) is 6.53. The molecule has 3 aromatic carbocycles. The number of carbonyl (C=O) groups is 1. The third-order valence-electron chi connectivity index (χ3n) is 6.78. The molecule has 1 aliphatic rings. The number of thiazole rings is 1. The molecule has 2 heterocycles. The van der Waals surface area contributed by atoms with Gasteiger partial charge in [0.1, 0.15) is 12.4 Å². The summed E-state index contributed by atoms with van der Waals surface area (Å²) in [4.78, 5) is 32.4. The molecule has 11 heteroatoms. The van der Waals surface area contributed by atoms with E-state index in [0.29, 0.717) is 44.3 Å². The number of aromatic nitrogens is 1. The summed E-state index contributed by atoms with van der Waals surface area (Å²) >= 11 is 5.79. The Labute approximate surface area is 279 Å². The number of benzene rings is 3. The van der Waals surface area contributed by atoms with Crippen molar-refractivity contribution in [2.45, 2.75) is 26.5 Å². The molecule has 0 amide bonds. The summed E-state index contributed by atoms with van der Waals surface area (Å²) < 4.78 is 26.4. The molecule has 0 radical (unpaired) electrons. The highest BCUT2D eigenvalue weighted by atomic mass is 127. The lowest BCUT2D eigenvalue weighted by molar-refractivity contribution is -0.139. The number of hydrogen-bond donors (Lipinski definition) is 0. The van der Waals surface area contributed by atoms with Gasteiger partial charge >= 0.3 is 5.97 Å². The molecule has 8 nitrogen and oxygen atoms in total. The lowest BCUT2D eigenvalue weighted by Gasteiger charge is -2.25. The Morgan fingerprint density at radius 3 is 2.37 bits per heavy atom. The first-order valence-electron chi connectivity index (χ1n) is 13.3. The molecule has 0 bridgehead atoms. The Bertz CT molecular complexity index is 1880. The van der Waals surface area contributed by atoms with Crippen molar-refractivity contribution < 1.29 is 23.7 Å². The number of carbonyl (C=O) groups excluding carboxylic acids is 1. The van der Waals surface area contributed by atoms with Gasteiger partial charge in [0, 0.05) is 0 Å². The molecule has 0 saturated carbocycles. The van der Waals surface area contributed by atoms with Crippen LogP contribution in [0.5, 0.6) is 17.2 Å². The fourth-order valence-corrected chi connectivity index (χ4v) is 7.99. The van der Waals surface area contributed by atoms with Crippen LogP contribution in [0.4, 0.5) is 0 Å². The number of halogens is 2. The van der Waals surface area contributed by atoms with E-state index in [2.05, 4.69) is 50.2 Å². The van der Waals surface area contributed by atoms with Crippen LogP contribution in [0.25, 0.3) is 6.08 Å². The van der Waals surface area contributed by atoms with Gasteiger partial charge in [-0.05, 0) is 106 Å². The fourth-order valence-electron chi connectivity index (χ4n) is 4.81. The first kappa shape index (κ1) is 31.3. The van der Waals surface area contributed by atoms with Crippen LogP contribution < -0.4 is 29.1 Å². The van der Waals surface area contributed by atoms with Gasteiger partial charge in [-0.2, -0.15) is 0 Å². The highest BCUT2D eigenvalue weighted by molar-refractivity contribution is 14.1. The number of methoxy groups -OCH3 is 2. The van der Waals surface area contributed by atoms with Crippen LogP contribution in [-0.2, 0) is 16.1 Å². The zero-order valence-corrected chi connectivity index (χ0v) is 29.0. The molecular formula is C32H28I2N2O6S. The number of rotatable bonds is 9. The fraction of sp³-hybridized carbons (Fsp3) is 0.219. The molecule has 1 atom stereocenters. The number of hydrogen-bond acceptors (Lipinski definition) is 8. The van der Waals surface area contributed by atoms with Gasteiger partial charge in [0.2, 0.25) is 0 Å². The van der Waals surface area contributed by atoms with Crippen molar-refractivity contribution in [3.63, 3.8) is 0 Å². The van der Waals surface area contributed by atoms with Gasteiger partial charge in [0.25, 0.3) is 5.56 Å². The predicted molar refractivity (Wildman–Crippen MR) is 183 cm³/mol. The summed E-state index contributed by atoms with van der Waals surface area (Å²) in [5.74, 6) is 1.30. The smallest absolute Gasteiger partial charge is 0.338 e. The monoisotopic (exact) mass is 822 g/mol. The molecule has 0 fully saturated rings. The molecule has 0 spiro atoms. The molecular weight excluding hydrogens is 794 g/mol. The van der Waals surface area contributed by atoms with Gasteiger partial charge in [0.05, 0.1) is 49.8 Å². The summed E-state index contributed by atoms with van der Waals surface area (Å²) in [6.45, 7) is 4.16. The van der Waals surface area contributed by atoms with E-state index in [0.717, 1.165) is 24.0 Å². The quantitative estimate of drug-likeness (QED) is 0.162. The zero-order valence-electron chi connectivity index (χ0n) is 23.9. The lowest BCUT2D eigenvalue weighted by atomic mass is 9.95. The van der Waals surface area contributed by atoms with E-state index in [9.17, 15) is 9.59 Å². The molecule has 0 N–H and O–H groups in total. The minimum atomic E-state index is -0.758. The van der Waals surface area contributed by atoms with Crippen LogP contribution >= 0.6 is 56.5 Å². The summed E-state index contributed by atoms with van der Waals surface area (Å²) in [7, 11) is 3.10. The zero-order chi connectivity index (χ0) is 30.7. The van der Waals surface area contributed by atoms with Crippen molar-refractivity contribution in [1.29, 1.82) is 0 Å². The summed E-state index contributed by atoms with van der Waals surface area (Å²) in [5, 5.41) is 0. The first-order chi connectivity index (χ1) is 20.7. The Morgan fingerprint density at radius 1 is 1.02 bits per heavy atom. The van der Waals surface area contributed by atoms with Gasteiger partial charge in [-0.15, -0.1) is 0 Å². The van der Waals surface area contributed by atoms with E-state index >= 15 is 0 Å². The van der Waals surface area contributed by atoms with Gasteiger partial charge in [-0.3, -0.25) is 9.36 Å².